The second kappa shape index (κ2) is 5.85. The van der Waals surface area contributed by atoms with Crippen molar-refractivity contribution in [2.24, 2.45) is 0 Å². The van der Waals surface area contributed by atoms with Crippen LogP contribution in [0.1, 0.15) is 18.2 Å². The van der Waals surface area contributed by atoms with Crippen LogP contribution in [0.2, 0.25) is 5.02 Å². The van der Waals surface area contributed by atoms with Crippen molar-refractivity contribution >= 4 is 28.5 Å². The number of rotatable bonds is 4. The fourth-order valence-corrected chi connectivity index (χ4v) is 2.79. The fraction of sp³-hybridized carbons (Fsp3) is 0.167. The Morgan fingerprint density at radius 3 is 2.55 bits per heavy atom. The third-order valence-corrected chi connectivity index (χ3v) is 3.89. The van der Waals surface area contributed by atoms with Crippen molar-refractivity contribution < 1.29 is 14.3 Å². The zero-order valence-corrected chi connectivity index (χ0v) is 12.9. The predicted octanol–water partition coefficient (Wildman–Crippen LogP) is 4.94. The Kier molecular flexibility index (Phi) is 3.90. The number of halogens is 1. The Hall–Kier alpha value is -2.26. The first-order chi connectivity index (χ1) is 10.6. The lowest BCUT2D eigenvalue weighted by atomic mass is 9.99. The lowest BCUT2D eigenvalue weighted by molar-refractivity contribution is -0.136. The van der Waals surface area contributed by atoms with Gasteiger partial charge in [-0.15, -0.1) is 0 Å². The van der Waals surface area contributed by atoms with Crippen LogP contribution in [0.5, 0.6) is 0 Å². The van der Waals surface area contributed by atoms with E-state index in [1.165, 1.54) is 0 Å². The first kappa shape index (κ1) is 14.7. The molecule has 3 aromatic rings. The first-order valence-corrected chi connectivity index (χ1v) is 7.48. The number of hydrogen-bond donors (Lipinski definition) is 1. The van der Waals surface area contributed by atoms with Crippen molar-refractivity contribution in [3.63, 3.8) is 0 Å². The van der Waals surface area contributed by atoms with E-state index in [4.69, 9.17) is 21.1 Å². The molecule has 1 heterocycles. The molecule has 0 bridgehead atoms. The number of benzene rings is 2. The van der Waals surface area contributed by atoms with Gasteiger partial charge in [0, 0.05) is 22.4 Å². The number of furan rings is 1. The van der Waals surface area contributed by atoms with Crippen LogP contribution in [0.4, 0.5) is 0 Å². The summed E-state index contributed by atoms with van der Waals surface area (Å²) in [5.74, 6) is 0.0522. The van der Waals surface area contributed by atoms with E-state index in [0.717, 1.165) is 39.8 Å². The largest absolute Gasteiger partial charge is 0.481 e. The smallest absolute Gasteiger partial charge is 0.307 e. The van der Waals surface area contributed by atoms with Gasteiger partial charge in [-0.1, -0.05) is 36.7 Å². The highest BCUT2D eigenvalue weighted by Crippen LogP contribution is 2.36. The summed E-state index contributed by atoms with van der Waals surface area (Å²) < 4.78 is 5.91. The molecule has 3 nitrogen and oxygen atoms in total. The molecule has 0 aliphatic rings. The number of fused-ring (bicyclic) bond motifs is 1. The Bertz CT molecular complexity index is 831. The quantitative estimate of drug-likeness (QED) is 0.741. The summed E-state index contributed by atoms with van der Waals surface area (Å²) in [4.78, 5) is 10.9. The van der Waals surface area contributed by atoms with Gasteiger partial charge in [0.25, 0.3) is 0 Å². The molecule has 112 valence electrons. The molecular formula is C18H15ClO3. The van der Waals surface area contributed by atoms with Gasteiger partial charge in [-0.3, -0.25) is 4.79 Å². The zero-order valence-electron chi connectivity index (χ0n) is 12.1. The van der Waals surface area contributed by atoms with Crippen molar-refractivity contribution in [2.75, 3.05) is 0 Å². The summed E-state index contributed by atoms with van der Waals surface area (Å²) >= 11 is 5.96. The zero-order chi connectivity index (χ0) is 15.7. The number of hydrogen-bond acceptors (Lipinski definition) is 2. The molecule has 0 unspecified atom stereocenters. The Balaban J connectivity index is 2.21. The topological polar surface area (TPSA) is 50.4 Å². The Morgan fingerprint density at radius 1 is 1.18 bits per heavy atom. The van der Waals surface area contributed by atoms with E-state index < -0.39 is 5.97 Å². The minimum Gasteiger partial charge on any atom is -0.481 e. The summed E-state index contributed by atoms with van der Waals surface area (Å²) in [6.07, 6.45) is 0.767. The standard InChI is InChI=1S/C18H15ClO3/c1-2-15-18(12-4-6-13(19)7-5-12)14-9-11(10-17(20)21)3-8-16(14)22-15/h3-9H,2,10H2,1H3,(H,20,21). The van der Waals surface area contributed by atoms with E-state index in [-0.39, 0.29) is 6.42 Å². The fourth-order valence-electron chi connectivity index (χ4n) is 2.66. The molecule has 0 fully saturated rings. The second-order valence-electron chi connectivity index (χ2n) is 5.16. The summed E-state index contributed by atoms with van der Waals surface area (Å²) in [7, 11) is 0. The highest BCUT2D eigenvalue weighted by Gasteiger charge is 2.15. The number of carboxylic acids is 1. The van der Waals surface area contributed by atoms with Gasteiger partial charge in [-0.2, -0.15) is 0 Å². The van der Waals surface area contributed by atoms with Crippen molar-refractivity contribution in [3.05, 3.63) is 58.8 Å². The number of aryl methyl sites for hydroxylation is 1. The Labute approximate surface area is 133 Å². The third kappa shape index (κ3) is 2.72. The van der Waals surface area contributed by atoms with Crippen LogP contribution >= 0.6 is 11.6 Å². The highest BCUT2D eigenvalue weighted by molar-refractivity contribution is 6.30. The van der Waals surface area contributed by atoms with Crippen LogP contribution in [0.15, 0.2) is 46.9 Å². The average Bonchev–Trinajstić information content (AvgIpc) is 2.85. The van der Waals surface area contributed by atoms with Crippen molar-refractivity contribution in [2.45, 2.75) is 19.8 Å². The number of carbonyl (C=O) groups is 1. The molecule has 1 aromatic heterocycles. The molecular weight excluding hydrogens is 300 g/mol. The van der Waals surface area contributed by atoms with Crippen LogP contribution in [0.25, 0.3) is 22.1 Å². The molecule has 0 atom stereocenters. The summed E-state index contributed by atoms with van der Waals surface area (Å²) in [5, 5.41) is 10.6. The van der Waals surface area contributed by atoms with Crippen LogP contribution < -0.4 is 0 Å². The molecule has 0 radical (unpaired) electrons. The van der Waals surface area contributed by atoms with Gasteiger partial charge in [-0.05, 0) is 35.4 Å². The van der Waals surface area contributed by atoms with Gasteiger partial charge in [-0.25, -0.2) is 0 Å². The molecule has 3 rings (SSSR count). The van der Waals surface area contributed by atoms with Gasteiger partial charge in [0.1, 0.15) is 11.3 Å². The molecule has 0 spiro atoms. The summed E-state index contributed by atoms with van der Waals surface area (Å²) in [5.41, 5.74) is 3.57. The maximum Gasteiger partial charge on any atom is 0.307 e. The molecule has 2 aromatic carbocycles. The maximum absolute atomic E-state index is 10.9. The van der Waals surface area contributed by atoms with Gasteiger partial charge < -0.3 is 9.52 Å². The first-order valence-electron chi connectivity index (χ1n) is 7.10. The van der Waals surface area contributed by atoms with E-state index >= 15 is 0 Å². The van der Waals surface area contributed by atoms with E-state index in [2.05, 4.69) is 0 Å². The number of carboxylic acid groups (broad SMARTS) is 1. The highest BCUT2D eigenvalue weighted by atomic mass is 35.5. The van der Waals surface area contributed by atoms with Gasteiger partial charge in [0.15, 0.2) is 0 Å². The minimum absolute atomic E-state index is 0.00262. The van der Waals surface area contributed by atoms with Gasteiger partial charge >= 0.3 is 5.97 Å². The van der Waals surface area contributed by atoms with E-state index in [0.29, 0.717) is 5.02 Å². The van der Waals surface area contributed by atoms with Crippen LogP contribution in [0, 0.1) is 0 Å². The minimum atomic E-state index is -0.841. The monoisotopic (exact) mass is 314 g/mol. The molecule has 0 saturated carbocycles. The van der Waals surface area contributed by atoms with E-state index in [1.807, 2.05) is 43.3 Å². The van der Waals surface area contributed by atoms with Crippen molar-refractivity contribution in [1.82, 2.24) is 0 Å². The van der Waals surface area contributed by atoms with Gasteiger partial charge in [0.05, 0.1) is 6.42 Å². The molecule has 22 heavy (non-hydrogen) atoms. The lowest BCUT2D eigenvalue weighted by Crippen LogP contribution is -1.99. The summed E-state index contributed by atoms with van der Waals surface area (Å²) in [6.45, 7) is 2.04. The Morgan fingerprint density at radius 2 is 1.91 bits per heavy atom. The number of aliphatic carboxylic acids is 1. The van der Waals surface area contributed by atoms with Crippen LogP contribution in [0.3, 0.4) is 0 Å². The SMILES string of the molecule is CCc1oc2ccc(CC(=O)O)cc2c1-c1ccc(Cl)cc1. The van der Waals surface area contributed by atoms with E-state index in [9.17, 15) is 4.79 Å². The molecule has 0 aliphatic carbocycles. The second-order valence-corrected chi connectivity index (χ2v) is 5.60. The van der Waals surface area contributed by atoms with Gasteiger partial charge in [0.2, 0.25) is 0 Å². The molecule has 0 amide bonds. The average molecular weight is 315 g/mol. The molecule has 4 heteroatoms. The van der Waals surface area contributed by atoms with Crippen molar-refractivity contribution in [3.8, 4) is 11.1 Å². The molecule has 0 saturated heterocycles. The lowest BCUT2D eigenvalue weighted by Gasteiger charge is -2.03. The van der Waals surface area contributed by atoms with Crippen LogP contribution in [-0.2, 0) is 17.6 Å². The molecule has 1 N–H and O–H groups in total. The molecule has 0 aliphatic heterocycles. The normalized spacial score (nSPS) is 11.0. The third-order valence-electron chi connectivity index (χ3n) is 3.63. The van der Waals surface area contributed by atoms with Crippen LogP contribution in [-0.4, -0.2) is 11.1 Å². The van der Waals surface area contributed by atoms with Crippen molar-refractivity contribution in [1.29, 1.82) is 0 Å². The van der Waals surface area contributed by atoms with E-state index in [1.54, 1.807) is 6.07 Å². The maximum atomic E-state index is 10.9. The summed E-state index contributed by atoms with van der Waals surface area (Å²) in [6, 6.07) is 13.1. The predicted molar refractivity (Wildman–Crippen MR) is 87.4 cm³/mol.